The molecule has 26 heavy (non-hydrogen) atoms. The van der Waals surface area contributed by atoms with Gasteiger partial charge in [-0.15, -0.1) is 0 Å². The number of guanidine groups is 1. The van der Waals surface area contributed by atoms with Crippen LogP contribution in [-0.4, -0.2) is 89.9 Å². The average Bonchev–Trinajstić information content (AvgIpc) is 3.27. The quantitative estimate of drug-likeness (QED) is 0.397. The van der Waals surface area contributed by atoms with E-state index in [-0.39, 0.29) is 18.5 Å². The molecule has 3 heterocycles. The van der Waals surface area contributed by atoms with Gasteiger partial charge in [0.15, 0.2) is 5.96 Å². The van der Waals surface area contributed by atoms with E-state index < -0.39 is 0 Å². The van der Waals surface area contributed by atoms with E-state index in [1.165, 1.54) is 16.4 Å². The number of imide groups is 1. The van der Waals surface area contributed by atoms with Gasteiger partial charge < -0.3 is 20.4 Å². The number of hydrogen-bond donors (Lipinski definition) is 2. The van der Waals surface area contributed by atoms with Crippen molar-refractivity contribution in [1.29, 1.82) is 0 Å². The second-order valence-electron chi connectivity index (χ2n) is 6.00. The lowest BCUT2D eigenvalue weighted by Gasteiger charge is -2.36. The van der Waals surface area contributed by atoms with Crippen LogP contribution in [0.1, 0.15) is 12.7 Å². The Hall–Kier alpha value is -2.43. The van der Waals surface area contributed by atoms with E-state index in [0.717, 1.165) is 49.5 Å². The van der Waals surface area contributed by atoms with Crippen LogP contribution in [0.5, 0.6) is 0 Å². The van der Waals surface area contributed by atoms with E-state index in [2.05, 4.69) is 41.7 Å². The number of carbonyl (C=O) groups excluding carboxylic acids is 2. The second kappa shape index (κ2) is 8.30. The minimum absolute atomic E-state index is 0.0842. The third-order valence-electron chi connectivity index (χ3n) is 4.39. The topological polar surface area (TPSA) is 106 Å². The van der Waals surface area contributed by atoms with Crippen molar-refractivity contribution in [1.82, 2.24) is 29.8 Å². The number of carbonyl (C=O) groups is 2. The van der Waals surface area contributed by atoms with Gasteiger partial charge in [0, 0.05) is 64.3 Å². The molecule has 2 fully saturated rings. The van der Waals surface area contributed by atoms with Crippen LogP contribution in [0.4, 0.5) is 9.93 Å². The number of aliphatic imine (C=N–C) groups is 1. The van der Waals surface area contributed by atoms with Crippen LogP contribution in [-0.2, 0) is 11.2 Å². The van der Waals surface area contributed by atoms with Crippen LogP contribution < -0.4 is 15.5 Å². The molecule has 0 radical (unpaired) electrons. The maximum Gasteiger partial charge on any atom is 0.324 e. The lowest BCUT2D eigenvalue weighted by atomic mass is 10.3. The number of hydrogen-bond acceptors (Lipinski definition) is 7. The number of aryl methyl sites for hydroxylation is 1. The fraction of sp³-hybridized carbons (Fsp3) is 0.667. The Balaban J connectivity index is 1.46. The largest absolute Gasteiger partial charge is 0.354 e. The van der Waals surface area contributed by atoms with E-state index >= 15 is 0 Å². The summed E-state index contributed by atoms with van der Waals surface area (Å²) < 4.78 is 4.35. The minimum Gasteiger partial charge on any atom is -0.354 e. The molecular weight excluding hydrogens is 356 g/mol. The molecule has 10 nitrogen and oxygen atoms in total. The first kappa shape index (κ1) is 18.4. The van der Waals surface area contributed by atoms with Gasteiger partial charge in [0.2, 0.25) is 11.0 Å². The Morgan fingerprint density at radius 1 is 1.31 bits per heavy atom. The number of amides is 3. The third-order valence-corrected chi connectivity index (χ3v) is 5.21. The van der Waals surface area contributed by atoms with Crippen LogP contribution in [0.2, 0.25) is 0 Å². The average molecular weight is 380 g/mol. The standard InChI is InChI=1S/C15H24N8O2S/c1-3-11-19-15(26-20-11)22-8-6-21(7-9-22)13(16-2)17-4-5-23-12(24)10-18-14(23)25/h3-10H2,1-2H3,(H,16,17)(H,18,25). The van der Waals surface area contributed by atoms with Gasteiger partial charge in [-0.2, -0.15) is 4.37 Å². The van der Waals surface area contributed by atoms with Crippen molar-refractivity contribution in [3.63, 3.8) is 0 Å². The fourth-order valence-corrected chi connectivity index (χ4v) is 3.72. The van der Waals surface area contributed by atoms with Gasteiger partial charge in [-0.1, -0.05) is 6.92 Å². The Labute approximate surface area is 156 Å². The van der Waals surface area contributed by atoms with Crippen LogP contribution in [0.15, 0.2) is 4.99 Å². The number of nitrogens with one attached hydrogen (secondary N) is 2. The maximum absolute atomic E-state index is 11.6. The van der Waals surface area contributed by atoms with E-state index in [1.54, 1.807) is 7.05 Å². The van der Waals surface area contributed by atoms with Crippen molar-refractivity contribution in [2.24, 2.45) is 4.99 Å². The molecule has 1 aromatic rings. The highest BCUT2D eigenvalue weighted by Gasteiger charge is 2.28. The molecule has 0 aliphatic carbocycles. The molecule has 1 aromatic heterocycles. The van der Waals surface area contributed by atoms with Crippen LogP contribution in [0, 0.1) is 0 Å². The minimum atomic E-state index is -0.330. The van der Waals surface area contributed by atoms with E-state index in [9.17, 15) is 9.59 Å². The molecule has 2 saturated heterocycles. The first-order chi connectivity index (χ1) is 12.6. The first-order valence-corrected chi connectivity index (χ1v) is 9.51. The second-order valence-corrected chi connectivity index (χ2v) is 6.73. The molecule has 142 valence electrons. The number of anilines is 1. The van der Waals surface area contributed by atoms with Crippen molar-refractivity contribution in [2.75, 3.05) is 57.8 Å². The van der Waals surface area contributed by atoms with Gasteiger partial charge in [-0.05, 0) is 0 Å². The SMILES string of the molecule is CCc1nsc(N2CCN(C(=NC)NCCN3C(=O)CNC3=O)CC2)n1. The summed E-state index contributed by atoms with van der Waals surface area (Å²) in [4.78, 5) is 37.6. The first-order valence-electron chi connectivity index (χ1n) is 8.73. The Morgan fingerprint density at radius 3 is 2.65 bits per heavy atom. The van der Waals surface area contributed by atoms with Gasteiger partial charge in [-0.3, -0.25) is 14.7 Å². The van der Waals surface area contributed by atoms with Crippen molar-refractivity contribution in [3.8, 4) is 0 Å². The van der Waals surface area contributed by atoms with Crippen molar-refractivity contribution < 1.29 is 9.59 Å². The summed E-state index contributed by atoms with van der Waals surface area (Å²) in [5.41, 5.74) is 0. The van der Waals surface area contributed by atoms with Crippen molar-refractivity contribution in [2.45, 2.75) is 13.3 Å². The highest BCUT2D eigenvalue weighted by molar-refractivity contribution is 7.09. The predicted octanol–water partition coefficient (Wildman–Crippen LogP) is -0.650. The summed E-state index contributed by atoms with van der Waals surface area (Å²) in [6, 6.07) is -0.330. The zero-order chi connectivity index (χ0) is 18.5. The molecule has 0 unspecified atom stereocenters. The summed E-state index contributed by atoms with van der Waals surface area (Å²) >= 11 is 1.45. The zero-order valence-electron chi connectivity index (χ0n) is 15.1. The van der Waals surface area contributed by atoms with Crippen molar-refractivity contribution in [3.05, 3.63) is 5.82 Å². The molecule has 0 atom stereocenters. The molecule has 0 saturated carbocycles. The van der Waals surface area contributed by atoms with Gasteiger partial charge in [-0.25, -0.2) is 9.78 Å². The fourth-order valence-electron chi connectivity index (χ4n) is 2.92. The summed E-state index contributed by atoms with van der Waals surface area (Å²) in [5, 5.41) is 6.72. The Bertz CT molecular complexity index is 667. The van der Waals surface area contributed by atoms with Gasteiger partial charge in [0.05, 0.1) is 6.54 Å². The van der Waals surface area contributed by atoms with Crippen LogP contribution in [0.3, 0.4) is 0 Å². The molecule has 2 N–H and O–H groups in total. The summed E-state index contributed by atoms with van der Waals surface area (Å²) in [5.74, 6) is 1.48. The number of aromatic nitrogens is 2. The van der Waals surface area contributed by atoms with Gasteiger partial charge in [0.25, 0.3) is 0 Å². The zero-order valence-corrected chi connectivity index (χ0v) is 15.9. The Kier molecular flexibility index (Phi) is 5.86. The highest BCUT2D eigenvalue weighted by Crippen LogP contribution is 2.19. The van der Waals surface area contributed by atoms with E-state index in [0.29, 0.717) is 13.1 Å². The Morgan fingerprint density at radius 2 is 2.08 bits per heavy atom. The third kappa shape index (κ3) is 4.03. The van der Waals surface area contributed by atoms with Crippen molar-refractivity contribution >= 4 is 34.6 Å². The lowest BCUT2D eigenvalue weighted by molar-refractivity contribution is -0.124. The smallest absolute Gasteiger partial charge is 0.324 e. The summed E-state index contributed by atoms with van der Waals surface area (Å²) in [6.45, 7) is 6.29. The molecule has 0 spiro atoms. The van der Waals surface area contributed by atoms with Gasteiger partial charge in [0.1, 0.15) is 5.82 Å². The predicted molar refractivity (Wildman–Crippen MR) is 99.5 cm³/mol. The van der Waals surface area contributed by atoms with Crippen LogP contribution in [0.25, 0.3) is 0 Å². The van der Waals surface area contributed by atoms with E-state index in [4.69, 9.17) is 0 Å². The van der Waals surface area contributed by atoms with E-state index in [1.807, 2.05) is 0 Å². The summed E-state index contributed by atoms with van der Waals surface area (Å²) in [6.07, 6.45) is 0.852. The lowest BCUT2D eigenvalue weighted by Crippen LogP contribution is -2.53. The molecule has 0 aromatic carbocycles. The molecule has 3 amide bonds. The maximum atomic E-state index is 11.6. The highest BCUT2D eigenvalue weighted by atomic mass is 32.1. The number of rotatable bonds is 5. The molecule has 0 bridgehead atoms. The molecule has 2 aliphatic heterocycles. The van der Waals surface area contributed by atoms with Crippen LogP contribution >= 0.6 is 11.5 Å². The molecule has 2 aliphatic rings. The van der Waals surface area contributed by atoms with Gasteiger partial charge >= 0.3 is 6.03 Å². The molecule has 11 heteroatoms. The molecular formula is C15H24N8O2S. The molecule has 3 rings (SSSR count). The number of urea groups is 1. The number of nitrogens with zero attached hydrogens (tertiary/aromatic N) is 6. The summed E-state index contributed by atoms with van der Waals surface area (Å²) in [7, 11) is 1.74. The monoisotopic (exact) mass is 380 g/mol. The normalized spacial score (nSPS) is 18.5. The number of piperazine rings is 1.